The summed E-state index contributed by atoms with van der Waals surface area (Å²) >= 11 is 0. The molecule has 19 heavy (non-hydrogen) atoms. The van der Waals surface area contributed by atoms with Crippen molar-refractivity contribution in [2.75, 3.05) is 20.3 Å². The molecule has 0 aliphatic rings. The van der Waals surface area contributed by atoms with Crippen LogP contribution in [0.3, 0.4) is 0 Å². The van der Waals surface area contributed by atoms with Gasteiger partial charge in [0.05, 0.1) is 19.8 Å². The van der Waals surface area contributed by atoms with Crippen molar-refractivity contribution < 1.29 is 14.3 Å². The summed E-state index contributed by atoms with van der Waals surface area (Å²) in [4.78, 5) is 11.4. The van der Waals surface area contributed by atoms with E-state index < -0.39 is 0 Å². The number of carbonyl (C=O) groups is 1. The molecule has 2 rings (SSSR count). The largest absolute Gasteiger partial charge is 0.382 e. The molecule has 0 saturated heterocycles. The number of ketones is 1. The van der Waals surface area contributed by atoms with Gasteiger partial charge in [-0.2, -0.15) is 0 Å². The van der Waals surface area contributed by atoms with E-state index in [1.807, 2.05) is 30.3 Å². The zero-order valence-electron chi connectivity index (χ0n) is 11.3. The highest BCUT2D eigenvalue weighted by molar-refractivity contribution is 5.98. The van der Waals surface area contributed by atoms with Crippen molar-refractivity contribution in [2.45, 2.75) is 13.5 Å². The number of carbonyl (C=O) groups excluding carboxylic acids is 1. The minimum absolute atomic E-state index is 0.0867. The lowest BCUT2D eigenvalue weighted by molar-refractivity contribution is 0.0617. The molecule has 0 fully saturated rings. The maximum absolute atomic E-state index is 11.4. The molecular formula is C16H18O3. The number of methoxy groups -OCH3 is 1. The number of benzene rings is 2. The van der Waals surface area contributed by atoms with Gasteiger partial charge in [0.1, 0.15) is 0 Å². The number of rotatable bonds is 6. The van der Waals surface area contributed by atoms with Crippen LogP contribution in [0.1, 0.15) is 22.8 Å². The van der Waals surface area contributed by atoms with Gasteiger partial charge in [-0.1, -0.05) is 24.3 Å². The van der Waals surface area contributed by atoms with Crippen molar-refractivity contribution >= 4 is 16.6 Å². The fourth-order valence-electron chi connectivity index (χ4n) is 1.94. The van der Waals surface area contributed by atoms with E-state index in [4.69, 9.17) is 9.47 Å². The summed E-state index contributed by atoms with van der Waals surface area (Å²) in [6, 6.07) is 11.9. The number of fused-ring (bicyclic) bond motifs is 1. The van der Waals surface area contributed by atoms with E-state index in [9.17, 15) is 4.79 Å². The lowest BCUT2D eigenvalue weighted by Crippen LogP contribution is -2.01. The van der Waals surface area contributed by atoms with Gasteiger partial charge < -0.3 is 9.47 Å². The summed E-state index contributed by atoms with van der Waals surface area (Å²) in [5.74, 6) is 0.0867. The Morgan fingerprint density at radius 3 is 2.58 bits per heavy atom. The number of ether oxygens (including phenoxy) is 2. The topological polar surface area (TPSA) is 35.5 Å². The van der Waals surface area contributed by atoms with Crippen molar-refractivity contribution in [3.05, 3.63) is 47.5 Å². The van der Waals surface area contributed by atoms with Crippen LogP contribution < -0.4 is 0 Å². The average molecular weight is 258 g/mol. The minimum atomic E-state index is 0.0867. The SMILES string of the molecule is COCCOCc1ccc2ccc(C(C)=O)cc2c1. The maximum Gasteiger partial charge on any atom is 0.159 e. The molecule has 3 heteroatoms. The van der Waals surface area contributed by atoms with Crippen LogP contribution in [0.4, 0.5) is 0 Å². The smallest absolute Gasteiger partial charge is 0.159 e. The molecule has 0 saturated carbocycles. The fraction of sp³-hybridized carbons (Fsp3) is 0.312. The Morgan fingerprint density at radius 2 is 1.84 bits per heavy atom. The van der Waals surface area contributed by atoms with E-state index in [2.05, 4.69) is 6.07 Å². The van der Waals surface area contributed by atoms with Crippen LogP contribution in [0.25, 0.3) is 10.8 Å². The number of Topliss-reactive ketones (excluding diaryl/α,β-unsaturated/α-hetero) is 1. The first kappa shape index (κ1) is 13.7. The predicted molar refractivity (Wildman–Crippen MR) is 75.5 cm³/mol. The molecule has 100 valence electrons. The van der Waals surface area contributed by atoms with Crippen LogP contribution >= 0.6 is 0 Å². The first-order valence-corrected chi connectivity index (χ1v) is 6.31. The normalized spacial score (nSPS) is 10.8. The molecule has 0 heterocycles. The van der Waals surface area contributed by atoms with Crippen LogP contribution in [-0.4, -0.2) is 26.1 Å². The summed E-state index contributed by atoms with van der Waals surface area (Å²) in [7, 11) is 1.66. The van der Waals surface area contributed by atoms with E-state index in [1.54, 1.807) is 14.0 Å². The first-order valence-electron chi connectivity index (χ1n) is 6.31. The number of hydrogen-bond donors (Lipinski definition) is 0. The van der Waals surface area contributed by atoms with E-state index in [0.717, 1.165) is 21.9 Å². The highest BCUT2D eigenvalue weighted by atomic mass is 16.5. The third kappa shape index (κ3) is 3.63. The second-order valence-electron chi connectivity index (χ2n) is 4.50. The van der Waals surface area contributed by atoms with Gasteiger partial charge in [0.15, 0.2) is 5.78 Å². The van der Waals surface area contributed by atoms with Crippen molar-refractivity contribution in [1.29, 1.82) is 0 Å². The first-order chi connectivity index (χ1) is 9.20. The van der Waals surface area contributed by atoms with Crippen LogP contribution in [-0.2, 0) is 16.1 Å². The summed E-state index contributed by atoms with van der Waals surface area (Å²) in [6.45, 7) is 3.33. The highest BCUT2D eigenvalue weighted by Crippen LogP contribution is 2.19. The Kier molecular flexibility index (Phi) is 4.66. The number of hydrogen-bond acceptors (Lipinski definition) is 3. The average Bonchev–Trinajstić information content (AvgIpc) is 2.42. The van der Waals surface area contributed by atoms with E-state index in [1.165, 1.54) is 0 Å². The van der Waals surface area contributed by atoms with Gasteiger partial charge in [0, 0.05) is 12.7 Å². The third-order valence-corrected chi connectivity index (χ3v) is 3.01. The second-order valence-corrected chi connectivity index (χ2v) is 4.50. The van der Waals surface area contributed by atoms with Crippen LogP contribution in [0.15, 0.2) is 36.4 Å². The van der Waals surface area contributed by atoms with E-state index >= 15 is 0 Å². The quantitative estimate of drug-likeness (QED) is 0.589. The van der Waals surface area contributed by atoms with Crippen molar-refractivity contribution in [3.63, 3.8) is 0 Å². The van der Waals surface area contributed by atoms with Gasteiger partial charge in [0.25, 0.3) is 0 Å². The Hall–Kier alpha value is -1.71. The van der Waals surface area contributed by atoms with E-state index in [0.29, 0.717) is 19.8 Å². The predicted octanol–water partition coefficient (Wildman–Crippen LogP) is 3.21. The van der Waals surface area contributed by atoms with Crippen molar-refractivity contribution in [1.82, 2.24) is 0 Å². The lowest BCUT2D eigenvalue weighted by atomic mass is 10.0. The van der Waals surface area contributed by atoms with E-state index in [-0.39, 0.29) is 5.78 Å². The Morgan fingerprint density at radius 1 is 1.05 bits per heavy atom. The van der Waals surface area contributed by atoms with Gasteiger partial charge in [-0.25, -0.2) is 0 Å². The Balaban J connectivity index is 2.16. The van der Waals surface area contributed by atoms with Gasteiger partial charge in [0.2, 0.25) is 0 Å². The van der Waals surface area contributed by atoms with Gasteiger partial charge in [-0.3, -0.25) is 4.79 Å². The molecule has 0 amide bonds. The monoisotopic (exact) mass is 258 g/mol. The molecule has 0 bridgehead atoms. The molecule has 0 unspecified atom stereocenters. The Bertz CT molecular complexity index is 575. The summed E-state index contributed by atoms with van der Waals surface area (Å²) in [6.07, 6.45) is 0. The molecule has 0 aliphatic heterocycles. The molecule has 0 aromatic heterocycles. The van der Waals surface area contributed by atoms with Crippen molar-refractivity contribution in [2.24, 2.45) is 0 Å². The summed E-state index contributed by atoms with van der Waals surface area (Å²) in [5.41, 5.74) is 1.84. The van der Waals surface area contributed by atoms with Crippen LogP contribution in [0.5, 0.6) is 0 Å². The summed E-state index contributed by atoms with van der Waals surface area (Å²) in [5, 5.41) is 2.20. The molecule has 0 aliphatic carbocycles. The summed E-state index contributed by atoms with van der Waals surface area (Å²) < 4.78 is 10.4. The van der Waals surface area contributed by atoms with Gasteiger partial charge in [-0.05, 0) is 35.4 Å². The highest BCUT2D eigenvalue weighted by Gasteiger charge is 2.02. The second kappa shape index (κ2) is 6.45. The Labute approximate surface area is 113 Å². The molecule has 2 aromatic rings. The molecule has 0 radical (unpaired) electrons. The minimum Gasteiger partial charge on any atom is -0.382 e. The third-order valence-electron chi connectivity index (χ3n) is 3.01. The fourth-order valence-corrected chi connectivity index (χ4v) is 1.94. The molecule has 0 spiro atoms. The zero-order chi connectivity index (χ0) is 13.7. The zero-order valence-corrected chi connectivity index (χ0v) is 11.3. The molecule has 0 N–H and O–H groups in total. The van der Waals surface area contributed by atoms with Crippen LogP contribution in [0.2, 0.25) is 0 Å². The molecule has 2 aromatic carbocycles. The van der Waals surface area contributed by atoms with Gasteiger partial charge >= 0.3 is 0 Å². The molecule has 3 nitrogen and oxygen atoms in total. The molecule has 0 atom stereocenters. The van der Waals surface area contributed by atoms with Gasteiger partial charge in [-0.15, -0.1) is 0 Å². The van der Waals surface area contributed by atoms with Crippen LogP contribution in [0, 0.1) is 0 Å². The molecular weight excluding hydrogens is 240 g/mol. The standard InChI is InChI=1S/C16H18O3/c1-12(17)15-6-5-14-4-3-13(9-16(14)10-15)11-19-8-7-18-2/h3-6,9-10H,7-8,11H2,1-2H3. The van der Waals surface area contributed by atoms with Crippen molar-refractivity contribution in [3.8, 4) is 0 Å². The maximum atomic E-state index is 11.4. The lowest BCUT2D eigenvalue weighted by Gasteiger charge is -2.06.